The van der Waals surface area contributed by atoms with E-state index in [4.69, 9.17) is 0 Å². The Morgan fingerprint density at radius 2 is 1.60 bits per heavy atom. The van der Waals surface area contributed by atoms with Gasteiger partial charge in [-0.1, -0.05) is 12.1 Å². The van der Waals surface area contributed by atoms with Crippen LogP contribution in [-0.2, 0) is 46.3 Å². The van der Waals surface area contributed by atoms with E-state index < -0.39 is 27.1 Å². The molecule has 2 rings (SSSR count). The van der Waals surface area contributed by atoms with E-state index in [0.29, 0.717) is 5.39 Å². The molecule has 0 aliphatic carbocycles. The maximum Gasteiger partial charge on any atom is 0.434 e. The average molecular weight is 543 g/mol. The summed E-state index contributed by atoms with van der Waals surface area (Å²) < 4.78 is 89.0. The van der Waals surface area contributed by atoms with Crippen molar-refractivity contribution >= 4 is 20.9 Å². The predicted molar refractivity (Wildman–Crippen MR) is 76.5 cm³/mol. The first-order chi connectivity index (χ1) is 10.8. The number of fused-ring (bicyclic) bond motifs is 1. The fourth-order valence-electron chi connectivity index (χ4n) is 2.05. The van der Waals surface area contributed by atoms with E-state index in [1.54, 1.807) is 30.3 Å². The summed E-state index contributed by atoms with van der Waals surface area (Å²) in [7, 11) is -6.62. The first-order valence-electron chi connectivity index (χ1n) is 6.61. The average Bonchev–Trinajstić information content (AvgIpc) is 2.44. The van der Waals surface area contributed by atoms with Gasteiger partial charge in [-0.25, -0.2) is 8.42 Å². The van der Waals surface area contributed by atoms with Crippen LogP contribution < -0.4 is 0 Å². The van der Waals surface area contributed by atoms with Gasteiger partial charge in [0.2, 0.25) is 0 Å². The van der Waals surface area contributed by atoms with Crippen molar-refractivity contribution in [2.75, 3.05) is 0 Å². The van der Waals surface area contributed by atoms with Crippen LogP contribution in [0.15, 0.2) is 36.4 Å². The fourth-order valence-corrected chi connectivity index (χ4v) is 2.38. The van der Waals surface area contributed by atoms with E-state index in [2.05, 4.69) is 10.8 Å². The van der Waals surface area contributed by atoms with Crippen LogP contribution >= 0.6 is 0 Å². The second-order valence-corrected chi connectivity index (χ2v) is 6.98. The summed E-state index contributed by atoms with van der Waals surface area (Å²) >= 11 is 0. The van der Waals surface area contributed by atoms with Gasteiger partial charge in [-0.3, -0.25) is 0 Å². The van der Waals surface area contributed by atoms with Gasteiger partial charge in [0, 0.05) is 25.8 Å². The molecule has 0 fully saturated rings. The SMILES string of the molecule is CC(C)(OC(F)(F)C(F)(F)S(=O)(=O)[O-])c1[c-]c2ccccc2cc1.[Hf]. The standard InChI is InChI=1S/C15H13F4O4S.Hf/c1-13(2,23-14(16,17)15(18,19)24(20,21)22)12-8-7-10-5-3-4-6-11(10)9-12;/h3-8H,1-2H3,(H,20,21,22);/q-1;/p-1. The molecule has 0 atom stereocenters. The molecular formula is C15H12F4HfO4S-2. The number of rotatable bonds is 5. The Morgan fingerprint density at radius 3 is 2.16 bits per heavy atom. The molecule has 0 unspecified atom stereocenters. The molecule has 0 bridgehead atoms. The Hall–Kier alpha value is -0.840. The zero-order valence-electron chi connectivity index (χ0n) is 13.0. The van der Waals surface area contributed by atoms with Crippen LogP contribution in [0.5, 0.6) is 0 Å². The molecule has 2 aromatic rings. The third-order valence-electron chi connectivity index (χ3n) is 3.34. The van der Waals surface area contributed by atoms with Gasteiger partial charge in [-0.15, -0.1) is 46.7 Å². The van der Waals surface area contributed by atoms with Crippen LogP contribution in [0.3, 0.4) is 0 Å². The number of hydrogen-bond donors (Lipinski definition) is 0. The summed E-state index contributed by atoms with van der Waals surface area (Å²) in [6.07, 6.45) is -5.52. The topological polar surface area (TPSA) is 66.4 Å². The van der Waals surface area contributed by atoms with Gasteiger partial charge >= 0.3 is 11.4 Å². The van der Waals surface area contributed by atoms with Crippen LogP contribution in [0.1, 0.15) is 19.4 Å². The monoisotopic (exact) mass is 544 g/mol. The van der Waals surface area contributed by atoms with Gasteiger partial charge < -0.3 is 9.29 Å². The molecule has 0 aliphatic rings. The number of ether oxygens (including phenoxy) is 1. The number of halogens is 4. The first-order valence-corrected chi connectivity index (χ1v) is 8.01. The maximum absolute atomic E-state index is 13.6. The molecule has 0 radical (unpaired) electrons. The molecule has 0 N–H and O–H groups in total. The van der Waals surface area contributed by atoms with Crippen molar-refractivity contribution in [3.8, 4) is 0 Å². The second-order valence-electron chi connectivity index (χ2n) is 5.56. The Labute approximate surface area is 160 Å². The Kier molecular flexibility index (Phi) is 6.26. The van der Waals surface area contributed by atoms with E-state index in [-0.39, 0.29) is 31.4 Å². The molecule has 0 spiro atoms. The van der Waals surface area contributed by atoms with Crippen molar-refractivity contribution in [3.05, 3.63) is 48.0 Å². The van der Waals surface area contributed by atoms with Crippen LogP contribution in [-0.4, -0.2) is 24.3 Å². The van der Waals surface area contributed by atoms with Gasteiger partial charge in [-0.05, 0) is 13.8 Å². The molecular weight excluding hydrogens is 531 g/mol. The minimum Gasteiger partial charge on any atom is -0.743 e. The molecule has 0 amide bonds. The zero-order valence-corrected chi connectivity index (χ0v) is 17.4. The van der Waals surface area contributed by atoms with Crippen molar-refractivity contribution in [1.29, 1.82) is 0 Å². The molecule has 25 heavy (non-hydrogen) atoms. The van der Waals surface area contributed by atoms with Crippen molar-refractivity contribution < 1.29 is 61.1 Å². The normalized spacial score (nSPS) is 13.6. The smallest absolute Gasteiger partial charge is 0.434 e. The molecule has 0 heterocycles. The molecule has 0 aromatic heterocycles. The summed E-state index contributed by atoms with van der Waals surface area (Å²) in [4.78, 5) is 0. The summed E-state index contributed by atoms with van der Waals surface area (Å²) in [5.41, 5.74) is -2.05. The number of benzene rings is 2. The van der Waals surface area contributed by atoms with Crippen molar-refractivity contribution in [1.82, 2.24) is 0 Å². The van der Waals surface area contributed by atoms with Gasteiger partial charge in [-0.2, -0.15) is 17.6 Å². The van der Waals surface area contributed by atoms with E-state index in [1.165, 1.54) is 6.07 Å². The Balaban J connectivity index is 0.00000312. The maximum atomic E-state index is 13.6. The van der Waals surface area contributed by atoms with Crippen LogP contribution in [0.4, 0.5) is 17.6 Å². The van der Waals surface area contributed by atoms with E-state index in [0.717, 1.165) is 19.2 Å². The molecule has 10 heteroatoms. The van der Waals surface area contributed by atoms with Gasteiger partial charge in [0.05, 0.1) is 5.60 Å². The third-order valence-corrected chi connectivity index (χ3v) is 4.21. The second kappa shape index (κ2) is 7.05. The molecule has 4 nitrogen and oxygen atoms in total. The van der Waals surface area contributed by atoms with Crippen LogP contribution in [0.25, 0.3) is 10.8 Å². The van der Waals surface area contributed by atoms with Crippen molar-refractivity contribution in [2.45, 2.75) is 30.8 Å². The summed E-state index contributed by atoms with van der Waals surface area (Å²) in [6.45, 7) is 2.07. The Bertz CT molecular complexity index is 869. The van der Waals surface area contributed by atoms with Gasteiger partial charge in [0.1, 0.15) is 0 Å². The molecule has 0 saturated heterocycles. The van der Waals surface area contributed by atoms with E-state index >= 15 is 0 Å². The summed E-state index contributed by atoms with van der Waals surface area (Å²) in [5, 5.41) is -4.65. The molecule has 0 saturated carbocycles. The van der Waals surface area contributed by atoms with Crippen LogP contribution in [0.2, 0.25) is 0 Å². The molecule has 0 aliphatic heterocycles. The summed E-state index contributed by atoms with van der Waals surface area (Å²) in [5.74, 6) is 0. The minimum atomic E-state index is -6.62. The van der Waals surface area contributed by atoms with Crippen molar-refractivity contribution in [3.63, 3.8) is 0 Å². The Morgan fingerprint density at radius 1 is 1.04 bits per heavy atom. The minimum absolute atomic E-state index is 0. The van der Waals surface area contributed by atoms with Crippen LogP contribution in [0, 0.1) is 6.07 Å². The van der Waals surface area contributed by atoms with E-state index in [9.17, 15) is 30.5 Å². The largest absolute Gasteiger partial charge is 0.743 e. The third kappa shape index (κ3) is 4.29. The van der Waals surface area contributed by atoms with Crippen molar-refractivity contribution in [2.24, 2.45) is 0 Å². The predicted octanol–water partition coefficient (Wildman–Crippen LogP) is 3.62. The van der Waals surface area contributed by atoms with E-state index in [1.807, 2.05) is 0 Å². The number of hydrogen-bond acceptors (Lipinski definition) is 4. The molecule has 136 valence electrons. The quantitative estimate of drug-likeness (QED) is 0.251. The number of alkyl halides is 4. The summed E-state index contributed by atoms with van der Waals surface area (Å²) in [6, 6.07) is 12.4. The fraction of sp³-hybridized carbons (Fsp3) is 0.333. The zero-order chi connectivity index (χ0) is 18.4. The van der Waals surface area contributed by atoms with Gasteiger partial charge in [0.25, 0.3) is 0 Å². The molecule has 2 aromatic carbocycles. The first kappa shape index (κ1) is 22.2. The van der Waals surface area contributed by atoms with Gasteiger partial charge in [0.15, 0.2) is 10.1 Å².